The average Bonchev–Trinajstić information content (AvgIpc) is 2.58. The summed E-state index contributed by atoms with van der Waals surface area (Å²) in [5.41, 5.74) is 0.143. The molecule has 0 aromatic heterocycles. The number of nitrogens with zero attached hydrogens (tertiary/aromatic N) is 1. The Bertz CT molecular complexity index is 516. The van der Waals surface area contributed by atoms with Crippen LogP contribution in [0.1, 0.15) is 37.3 Å². The number of methoxy groups -OCH3 is 1. The molecule has 0 unspecified atom stereocenters. The second-order valence-corrected chi connectivity index (χ2v) is 5.85. The molecule has 0 amide bonds. The van der Waals surface area contributed by atoms with Crippen molar-refractivity contribution in [2.45, 2.75) is 31.7 Å². The van der Waals surface area contributed by atoms with E-state index in [1.807, 2.05) is 6.08 Å². The quantitative estimate of drug-likeness (QED) is 0.583. The number of benzene rings is 1. The zero-order chi connectivity index (χ0) is 16.7. The first kappa shape index (κ1) is 17.9. The van der Waals surface area contributed by atoms with Crippen molar-refractivity contribution in [1.29, 1.82) is 0 Å². The van der Waals surface area contributed by atoms with E-state index >= 15 is 0 Å². The van der Waals surface area contributed by atoms with Gasteiger partial charge in [0.2, 0.25) is 0 Å². The van der Waals surface area contributed by atoms with Gasteiger partial charge in [0.1, 0.15) is 5.82 Å². The minimum absolute atomic E-state index is 0.104. The average molecular weight is 324 g/mol. The van der Waals surface area contributed by atoms with Crippen LogP contribution in [0.15, 0.2) is 24.8 Å². The van der Waals surface area contributed by atoms with Gasteiger partial charge < -0.3 is 10.1 Å². The molecule has 0 aliphatic carbocycles. The van der Waals surface area contributed by atoms with Gasteiger partial charge in [0.25, 0.3) is 0 Å². The number of unbranched alkanes of at least 4 members (excludes halogenated alkanes) is 2. The second-order valence-electron chi connectivity index (χ2n) is 5.85. The molecule has 5 heteroatoms. The van der Waals surface area contributed by atoms with E-state index in [1.54, 1.807) is 0 Å². The third kappa shape index (κ3) is 4.52. The van der Waals surface area contributed by atoms with E-state index in [0.717, 1.165) is 51.9 Å². The van der Waals surface area contributed by atoms with Crippen molar-refractivity contribution in [1.82, 2.24) is 10.2 Å². The van der Waals surface area contributed by atoms with E-state index < -0.39 is 11.6 Å². The van der Waals surface area contributed by atoms with Gasteiger partial charge in [-0.1, -0.05) is 12.5 Å². The standard InChI is InChI=1S/C18H26F2N2O/c1-3-4-5-6-7-15(22-12-10-21-11-13-22)17-14(19)8-9-16(23-2)18(17)20/h3,8-9,15,21H,1,4-7,10-13H2,2H3/t15-/m0/s1. The van der Waals surface area contributed by atoms with Crippen LogP contribution in [0.5, 0.6) is 5.75 Å². The molecule has 0 bridgehead atoms. The molecule has 1 saturated heterocycles. The molecule has 3 nitrogen and oxygen atoms in total. The molecule has 1 atom stereocenters. The van der Waals surface area contributed by atoms with E-state index in [9.17, 15) is 8.78 Å². The summed E-state index contributed by atoms with van der Waals surface area (Å²) in [6.45, 7) is 7.00. The van der Waals surface area contributed by atoms with Crippen LogP contribution >= 0.6 is 0 Å². The third-order valence-corrected chi connectivity index (χ3v) is 4.37. The van der Waals surface area contributed by atoms with E-state index in [0.29, 0.717) is 0 Å². The van der Waals surface area contributed by atoms with Crippen LogP contribution in [0, 0.1) is 11.6 Å². The molecule has 1 aromatic rings. The maximum Gasteiger partial charge on any atom is 0.172 e. The fraction of sp³-hybridized carbons (Fsp3) is 0.556. The Morgan fingerprint density at radius 2 is 2.04 bits per heavy atom. The Morgan fingerprint density at radius 1 is 1.30 bits per heavy atom. The van der Waals surface area contributed by atoms with Gasteiger partial charge in [-0.05, 0) is 31.4 Å². The first-order chi connectivity index (χ1) is 11.2. The largest absolute Gasteiger partial charge is 0.494 e. The van der Waals surface area contributed by atoms with Crippen molar-refractivity contribution in [3.05, 3.63) is 42.0 Å². The van der Waals surface area contributed by atoms with Crippen LogP contribution < -0.4 is 10.1 Å². The molecule has 1 aromatic carbocycles. The predicted octanol–water partition coefficient (Wildman–Crippen LogP) is 3.67. The molecule has 23 heavy (non-hydrogen) atoms. The normalized spacial score (nSPS) is 17.0. The van der Waals surface area contributed by atoms with Crippen molar-refractivity contribution in [2.24, 2.45) is 0 Å². The lowest BCUT2D eigenvalue weighted by molar-refractivity contribution is 0.155. The lowest BCUT2D eigenvalue weighted by Gasteiger charge is -2.35. The van der Waals surface area contributed by atoms with Gasteiger partial charge in [0, 0.05) is 37.8 Å². The zero-order valence-electron chi connectivity index (χ0n) is 13.8. The molecule has 0 spiro atoms. The van der Waals surface area contributed by atoms with Gasteiger partial charge in [-0.2, -0.15) is 0 Å². The summed E-state index contributed by atoms with van der Waals surface area (Å²) in [6, 6.07) is 2.40. The van der Waals surface area contributed by atoms with Crippen LogP contribution in [0.25, 0.3) is 0 Å². The molecule has 1 aliphatic heterocycles. The smallest absolute Gasteiger partial charge is 0.172 e. The van der Waals surface area contributed by atoms with Crippen LogP contribution in [-0.2, 0) is 0 Å². The molecule has 1 heterocycles. The second kappa shape index (κ2) is 8.99. The van der Waals surface area contributed by atoms with Crippen molar-refractivity contribution in [3.63, 3.8) is 0 Å². The van der Waals surface area contributed by atoms with Gasteiger partial charge in [0.15, 0.2) is 11.6 Å². The van der Waals surface area contributed by atoms with Gasteiger partial charge in [-0.3, -0.25) is 4.90 Å². The highest BCUT2D eigenvalue weighted by Gasteiger charge is 2.28. The number of hydrogen-bond donors (Lipinski definition) is 1. The Morgan fingerprint density at radius 3 is 2.70 bits per heavy atom. The summed E-state index contributed by atoms with van der Waals surface area (Å²) in [5, 5.41) is 3.28. The van der Waals surface area contributed by atoms with Crippen LogP contribution in [-0.4, -0.2) is 38.2 Å². The zero-order valence-corrected chi connectivity index (χ0v) is 13.8. The highest BCUT2D eigenvalue weighted by molar-refractivity contribution is 5.34. The van der Waals surface area contributed by atoms with Crippen LogP contribution in [0.4, 0.5) is 8.78 Å². The topological polar surface area (TPSA) is 24.5 Å². The summed E-state index contributed by atoms with van der Waals surface area (Å²) >= 11 is 0. The van der Waals surface area contributed by atoms with Crippen molar-refractivity contribution < 1.29 is 13.5 Å². The summed E-state index contributed by atoms with van der Waals surface area (Å²) in [6.07, 6.45) is 5.44. The van der Waals surface area contributed by atoms with Gasteiger partial charge in [-0.15, -0.1) is 6.58 Å². The summed E-state index contributed by atoms with van der Waals surface area (Å²) in [7, 11) is 1.41. The lowest BCUT2D eigenvalue weighted by atomic mass is 9.96. The highest BCUT2D eigenvalue weighted by Crippen LogP contribution is 2.34. The third-order valence-electron chi connectivity index (χ3n) is 4.37. The highest BCUT2D eigenvalue weighted by atomic mass is 19.1. The lowest BCUT2D eigenvalue weighted by Crippen LogP contribution is -2.45. The maximum atomic E-state index is 14.7. The number of hydrogen-bond acceptors (Lipinski definition) is 3. The number of piperazine rings is 1. The fourth-order valence-electron chi connectivity index (χ4n) is 3.14. The van der Waals surface area contributed by atoms with E-state index in [-0.39, 0.29) is 17.4 Å². The molecule has 128 valence electrons. The number of rotatable bonds is 8. The molecular formula is C18H26F2N2O. The van der Waals surface area contributed by atoms with Crippen LogP contribution in [0.3, 0.4) is 0 Å². The fourth-order valence-corrected chi connectivity index (χ4v) is 3.14. The van der Waals surface area contributed by atoms with E-state index in [1.165, 1.54) is 19.2 Å². The van der Waals surface area contributed by atoms with E-state index in [4.69, 9.17) is 4.74 Å². The minimum atomic E-state index is -0.570. The first-order valence-electron chi connectivity index (χ1n) is 8.26. The number of ether oxygens (including phenoxy) is 1. The van der Waals surface area contributed by atoms with Gasteiger partial charge in [-0.25, -0.2) is 8.78 Å². The molecule has 1 aliphatic rings. The molecule has 1 fully saturated rings. The number of allylic oxidation sites excluding steroid dienone is 1. The Hall–Kier alpha value is -1.46. The van der Waals surface area contributed by atoms with Crippen LogP contribution in [0.2, 0.25) is 0 Å². The van der Waals surface area contributed by atoms with E-state index in [2.05, 4.69) is 16.8 Å². The summed E-state index contributed by atoms with van der Waals surface area (Å²) in [5.74, 6) is -0.956. The Labute approximate surface area is 137 Å². The summed E-state index contributed by atoms with van der Waals surface area (Å²) in [4.78, 5) is 2.17. The molecular weight excluding hydrogens is 298 g/mol. The molecule has 1 N–H and O–H groups in total. The monoisotopic (exact) mass is 324 g/mol. The number of nitrogens with one attached hydrogen (secondary N) is 1. The van der Waals surface area contributed by atoms with Crippen molar-refractivity contribution >= 4 is 0 Å². The van der Waals surface area contributed by atoms with Gasteiger partial charge >= 0.3 is 0 Å². The minimum Gasteiger partial charge on any atom is -0.494 e. The molecule has 0 saturated carbocycles. The SMILES string of the molecule is C=CCCCC[C@@H](c1c(F)ccc(OC)c1F)N1CCNCC1. The van der Waals surface area contributed by atoms with Gasteiger partial charge in [0.05, 0.1) is 7.11 Å². The molecule has 2 rings (SSSR count). The Balaban J connectivity index is 2.26. The number of halogens is 2. The van der Waals surface area contributed by atoms with Crippen molar-refractivity contribution in [2.75, 3.05) is 33.3 Å². The predicted molar refractivity (Wildman–Crippen MR) is 88.8 cm³/mol. The molecule has 0 radical (unpaired) electrons. The summed E-state index contributed by atoms with van der Waals surface area (Å²) < 4.78 is 34.1. The maximum absolute atomic E-state index is 14.7. The first-order valence-corrected chi connectivity index (χ1v) is 8.26. The Kier molecular flexibility index (Phi) is 6.99. The van der Waals surface area contributed by atoms with Crippen molar-refractivity contribution in [3.8, 4) is 5.75 Å².